The van der Waals surface area contributed by atoms with Crippen LogP contribution < -0.4 is 11.1 Å². The molecule has 2 heterocycles. The number of carbonyl (C=O) groups excluding carboxylic acids is 1. The molecule has 0 aliphatic carbocycles. The molecule has 1 atom stereocenters. The van der Waals surface area contributed by atoms with E-state index in [1.165, 1.54) is 26.7 Å². The number of carbonyl (C=O) groups is 1. The van der Waals surface area contributed by atoms with Gasteiger partial charge in [0, 0.05) is 15.3 Å². The Bertz CT molecular complexity index is 703. The third-order valence-electron chi connectivity index (χ3n) is 3.09. The van der Waals surface area contributed by atoms with Gasteiger partial charge < -0.3 is 11.1 Å². The van der Waals surface area contributed by atoms with Crippen LogP contribution in [0.5, 0.6) is 0 Å². The molecule has 0 radical (unpaired) electrons. The number of hydrogen-bond donors (Lipinski definition) is 2. The van der Waals surface area contributed by atoms with Crippen molar-refractivity contribution in [1.29, 1.82) is 0 Å². The van der Waals surface area contributed by atoms with Gasteiger partial charge in [-0.3, -0.25) is 4.79 Å². The first-order valence-electron chi connectivity index (χ1n) is 6.67. The molecule has 0 aromatic carbocycles. The SMILES string of the molecule is Cc1cc(C(C)NC(=O)c2sccc2C#CCN)c(C)s1. The summed E-state index contributed by atoms with van der Waals surface area (Å²) in [7, 11) is 0. The smallest absolute Gasteiger partial charge is 0.263 e. The Morgan fingerprint density at radius 3 is 2.86 bits per heavy atom. The summed E-state index contributed by atoms with van der Waals surface area (Å²) in [6, 6.07) is 3.97. The molecule has 2 aromatic heterocycles. The predicted molar refractivity (Wildman–Crippen MR) is 89.9 cm³/mol. The number of nitrogens with one attached hydrogen (secondary N) is 1. The Morgan fingerprint density at radius 2 is 2.24 bits per heavy atom. The molecule has 1 amide bonds. The Kier molecular flexibility index (Phi) is 5.18. The average molecular weight is 318 g/mol. The maximum absolute atomic E-state index is 12.4. The molecular formula is C16H18N2OS2. The molecule has 0 bridgehead atoms. The topological polar surface area (TPSA) is 55.1 Å². The second-order valence-corrected chi connectivity index (χ2v) is 7.11. The second kappa shape index (κ2) is 6.90. The molecule has 0 fully saturated rings. The zero-order chi connectivity index (χ0) is 15.4. The monoisotopic (exact) mass is 318 g/mol. The van der Waals surface area contributed by atoms with E-state index in [2.05, 4.69) is 37.1 Å². The van der Waals surface area contributed by atoms with Gasteiger partial charge in [-0.05, 0) is 43.8 Å². The lowest BCUT2D eigenvalue weighted by Gasteiger charge is -2.13. The number of hydrogen-bond acceptors (Lipinski definition) is 4. The fourth-order valence-electron chi connectivity index (χ4n) is 2.15. The zero-order valence-corrected chi connectivity index (χ0v) is 14.0. The average Bonchev–Trinajstić information content (AvgIpc) is 3.02. The maximum Gasteiger partial charge on any atom is 0.263 e. The van der Waals surface area contributed by atoms with E-state index in [4.69, 9.17) is 5.73 Å². The number of rotatable bonds is 3. The summed E-state index contributed by atoms with van der Waals surface area (Å²) in [4.78, 5) is 15.5. The molecule has 0 spiro atoms. The minimum Gasteiger partial charge on any atom is -0.345 e. The van der Waals surface area contributed by atoms with E-state index in [1.807, 2.05) is 18.4 Å². The molecule has 2 aromatic rings. The highest BCUT2D eigenvalue weighted by Gasteiger charge is 2.17. The van der Waals surface area contributed by atoms with Crippen LogP contribution in [0.4, 0.5) is 0 Å². The van der Waals surface area contributed by atoms with Crippen LogP contribution in [0.25, 0.3) is 0 Å². The van der Waals surface area contributed by atoms with Crippen LogP contribution in [0.15, 0.2) is 17.5 Å². The van der Waals surface area contributed by atoms with E-state index < -0.39 is 0 Å². The van der Waals surface area contributed by atoms with Gasteiger partial charge in [-0.2, -0.15) is 0 Å². The third kappa shape index (κ3) is 3.73. The number of amides is 1. The van der Waals surface area contributed by atoms with Crippen LogP contribution in [0, 0.1) is 25.7 Å². The van der Waals surface area contributed by atoms with Crippen molar-refractivity contribution < 1.29 is 4.79 Å². The first kappa shape index (κ1) is 15.8. The van der Waals surface area contributed by atoms with Crippen LogP contribution in [-0.2, 0) is 0 Å². The highest BCUT2D eigenvalue weighted by molar-refractivity contribution is 7.12. The zero-order valence-electron chi connectivity index (χ0n) is 12.3. The molecule has 2 rings (SSSR count). The van der Waals surface area contributed by atoms with E-state index in [0.29, 0.717) is 11.4 Å². The molecule has 3 nitrogen and oxygen atoms in total. The van der Waals surface area contributed by atoms with Gasteiger partial charge in [-0.1, -0.05) is 11.8 Å². The van der Waals surface area contributed by atoms with Crippen LogP contribution in [0.1, 0.15) is 43.5 Å². The highest BCUT2D eigenvalue weighted by atomic mass is 32.1. The van der Waals surface area contributed by atoms with Crippen molar-refractivity contribution in [2.24, 2.45) is 5.73 Å². The number of nitrogens with two attached hydrogens (primary N) is 1. The highest BCUT2D eigenvalue weighted by Crippen LogP contribution is 2.26. The van der Waals surface area contributed by atoms with Gasteiger partial charge in [0.2, 0.25) is 0 Å². The van der Waals surface area contributed by atoms with E-state index in [-0.39, 0.29) is 11.9 Å². The molecule has 0 saturated heterocycles. The van der Waals surface area contributed by atoms with Gasteiger partial charge in [-0.15, -0.1) is 22.7 Å². The summed E-state index contributed by atoms with van der Waals surface area (Å²) in [5.74, 6) is 5.65. The maximum atomic E-state index is 12.4. The quantitative estimate of drug-likeness (QED) is 0.854. The van der Waals surface area contributed by atoms with Gasteiger partial charge in [0.1, 0.15) is 4.88 Å². The van der Waals surface area contributed by atoms with Crippen molar-refractivity contribution >= 4 is 28.6 Å². The second-order valence-electron chi connectivity index (χ2n) is 4.73. The fourth-order valence-corrected chi connectivity index (χ4v) is 3.92. The van der Waals surface area contributed by atoms with Gasteiger partial charge in [0.05, 0.1) is 12.6 Å². The Morgan fingerprint density at radius 1 is 1.48 bits per heavy atom. The molecule has 0 aliphatic rings. The normalized spacial score (nSPS) is 11.6. The standard InChI is InChI=1S/C16H18N2OS2/c1-10-9-14(12(3)21-10)11(2)18-16(19)15-13(5-4-7-17)6-8-20-15/h6,8-9,11H,7,17H2,1-3H3,(H,18,19). The summed E-state index contributed by atoms with van der Waals surface area (Å²) in [5.41, 5.74) is 7.30. The van der Waals surface area contributed by atoms with E-state index in [0.717, 1.165) is 5.56 Å². The van der Waals surface area contributed by atoms with Crippen LogP contribution in [0.3, 0.4) is 0 Å². The van der Waals surface area contributed by atoms with E-state index >= 15 is 0 Å². The molecule has 110 valence electrons. The first-order chi connectivity index (χ1) is 10.0. The summed E-state index contributed by atoms with van der Waals surface area (Å²) in [6.07, 6.45) is 0. The lowest BCUT2D eigenvalue weighted by atomic mass is 10.1. The van der Waals surface area contributed by atoms with Crippen LogP contribution in [0.2, 0.25) is 0 Å². The number of aryl methyl sites for hydroxylation is 2. The third-order valence-corrected chi connectivity index (χ3v) is 4.98. The van der Waals surface area contributed by atoms with Gasteiger partial charge in [-0.25, -0.2) is 0 Å². The molecule has 5 heteroatoms. The van der Waals surface area contributed by atoms with Gasteiger partial charge >= 0.3 is 0 Å². The molecular weight excluding hydrogens is 300 g/mol. The summed E-state index contributed by atoms with van der Waals surface area (Å²) >= 11 is 3.15. The Balaban J connectivity index is 2.15. The van der Waals surface area contributed by atoms with Gasteiger partial charge in [0.25, 0.3) is 5.91 Å². The minimum absolute atomic E-state index is 0.0140. The largest absolute Gasteiger partial charge is 0.345 e. The number of thiophene rings is 2. The molecule has 3 N–H and O–H groups in total. The van der Waals surface area contributed by atoms with Crippen molar-refractivity contribution in [3.8, 4) is 11.8 Å². The van der Waals surface area contributed by atoms with Crippen molar-refractivity contribution in [3.63, 3.8) is 0 Å². The van der Waals surface area contributed by atoms with Crippen LogP contribution in [-0.4, -0.2) is 12.5 Å². The van der Waals surface area contributed by atoms with E-state index in [9.17, 15) is 4.79 Å². The van der Waals surface area contributed by atoms with E-state index in [1.54, 1.807) is 11.3 Å². The van der Waals surface area contributed by atoms with Crippen molar-refractivity contribution in [1.82, 2.24) is 5.32 Å². The summed E-state index contributed by atoms with van der Waals surface area (Å²) in [5, 5.41) is 4.92. The minimum atomic E-state index is -0.0814. The molecule has 21 heavy (non-hydrogen) atoms. The lowest BCUT2D eigenvalue weighted by molar-refractivity contribution is 0.0944. The van der Waals surface area contributed by atoms with Crippen molar-refractivity contribution in [2.45, 2.75) is 26.8 Å². The predicted octanol–water partition coefficient (Wildman–Crippen LogP) is 3.23. The van der Waals surface area contributed by atoms with Crippen molar-refractivity contribution in [3.05, 3.63) is 43.3 Å². The first-order valence-corrected chi connectivity index (χ1v) is 8.36. The summed E-state index contributed by atoms with van der Waals surface area (Å²) in [6.45, 7) is 6.46. The molecule has 1 unspecified atom stereocenters. The Hall–Kier alpha value is -1.61. The van der Waals surface area contributed by atoms with Crippen LogP contribution >= 0.6 is 22.7 Å². The van der Waals surface area contributed by atoms with Crippen molar-refractivity contribution in [2.75, 3.05) is 6.54 Å². The molecule has 0 saturated carbocycles. The molecule has 0 aliphatic heterocycles. The lowest BCUT2D eigenvalue weighted by Crippen LogP contribution is -2.26. The fraction of sp³-hybridized carbons (Fsp3) is 0.312. The van der Waals surface area contributed by atoms with Gasteiger partial charge in [0.15, 0.2) is 0 Å². The summed E-state index contributed by atoms with van der Waals surface area (Å²) < 4.78 is 0. The Labute approximate surface area is 133 Å².